The topological polar surface area (TPSA) is 81.3 Å². The van der Waals surface area contributed by atoms with E-state index in [0.717, 1.165) is 25.7 Å². The summed E-state index contributed by atoms with van der Waals surface area (Å²) in [6.07, 6.45) is 9.56. The molecule has 7 nitrogen and oxygen atoms in total. The van der Waals surface area contributed by atoms with Gasteiger partial charge in [-0.15, -0.1) is 0 Å². The number of carbonyl (C=O) groups is 1. The molecule has 3 atom stereocenters. The summed E-state index contributed by atoms with van der Waals surface area (Å²) in [6.45, 7) is 0.355. The maximum absolute atomic E-state index is 12.5. The molecular weight excluding hydrogens is 308 g/mol. The van der Waals surface area contributed by atoms with Crippen molar-refractivity contribution in [2.45, 2.75) is 43.8 Å². The summed E-state index contributed by atoms with van der Waals surface area (Å²) >= 11 is 0. The molecule has 0 bridgehead atoms. The Hall–Kier alpha value is -2.28. The summed E-state index contributed by atoms with van der Waals surface area (Å²) in [5.41, 5.74) is 0. The summed E-state index contributed by atoms with van der Waals surface area (Å²) in [6, 6.07) is 5.29. The van der Waals surface area contributed by atoms with Crippen molar-refractivity contribution in [2.75, 3.05) is 13.7 Å². The molecule has 2 N–H and O–H groups in total. The zero-order valence-corrected chi connectivity index (χ0v) is 13.9. The first-order chi connectivity index (χ1) is 11.8. The summed E-state index contributed by atoms with van der Waals surface area (Å²) in [5, 5.41) is 10.4. The van der Waals surface area contributed by atoms with Gasteiger partial charge in [-0.05, 0) is 31.0 Å². The van der Waals surface area contributed by atoms with Crippen LogP contribution in [0.2, 0.25) is 0 Å². The largest absolute Gasteiger partial charge is 0.467 e. The maximum atomic E-state index is 12.5. The van der Waals surface area contributed by atoms with Crippen molar-refractivity contribution >= 4 is 6.03 Å². The Balaban J connectivity index is 1.62. The number of hydrogen-bond donors (Lipinski definition) is 2. The molecule has 24 heavy (non-hydrogen) atoms. The van der Waals surface area contributed by atoms with Gasteiger partial charge in [-0.1, -0.05) is 12.8 Å². The van der Waals surface area contributed by atoms with Gasteiger partial charge in [0.15, 0.2) is 0 Å². The molecule has 1 aliphatic rings. The minimum absolute atomic E-state index is 0.0680. The van der Waals surface area contributed by atoms with Crippen molar-refractivity contribution in [1.82, 2.24) is 20.4 Å². The Morgan fingerprint density at radius 3 is 3.04 bits per heavy atom. The second kappa shape index (κ2) is 8.01. The highest BCUT2D eigenvalue weighted by atomic mass is 16.5. The molecule has 0 aliphatic heterocycles. The Labute approximate surface area is 141 Å². The zero-order valence-electron chi connectivity index (χ0n) is 13.9. The van der Waals surface area contributed by atoms with E-state index in [1.807, 2.05) is 23.0 Å². The van der Waals surface area contributed by atoms with Crippen LogP contribution in [0.5, 0.6) is 0 Å². The van der Waals surface area contributed by atoms with Crippen LogP contribution in [0.3, 0.4) is 0 Å². The van der Waals surface area contributed by atoms with Gasteiger partial charge in [0.1, 0.15) is 11.8 Å². The van der Waals surface area contributed by atoms with Crippen LogP contribution in [0, 0.1) is 0 Å². The lowest BCUT2D eigenvalue weighted by molar-refractivity contribution is 0.154. The summed E-state index contributed by atoms with van der Waals surface area (Å²) in [7, 11) is 1.60. The van der Waals surface area contributed by atoms with Crippen LogP contribution in [0.15, 0.2) is 41.3 Å². The zero-order chi connectivity index (χ0) is 16.8. The van der Waals surface area contributed by atoms with Gasteiger partial charge >= 0.3 is 6.03 Å². The molecule has 130 valence electrons. The number of ether oxygens (including phenoxy) is 1. The molecule has 2 heterocycles. The quantitative estimate of drug-likeness (QED) is 0.852. The molecule has 1 aliphatic carbocycles. The lowest BCUT2D eigenvalue weighted by atomic mass is 9.90. The molecule has 2 aromatic rings. The molecule has 0 spiro atoms. The van der Waals surface area contributed by atoms with E-state index in [9.17, 15) is 4.79 Å². The van der Waals surface area contributed by atoms with E-state index in [2.05, 4.69) is 15.7 Å². The third kappa shape index (κ3) is 3.97. The molecule has 0 aromatic carbocycles. The van der Waals surface area contributed by atoms with Crippen molar-refractivity contribution in [3.63, 3.8) is 0 Å². The molecule has 1 saturated carbocycles. The van der Waals surface area contributed by atoms with E-state index in [1.165, 1.54) is 0 Å². The second-order valence-electron chi connectivity index (χ2n) is 6.09. The Morgan fingerprint density at radius 2 is 2.33 bits per heavy atom. The number of hydrogen-bond acceptors (Lipinski definition) is 4. The summed E-state index contributed by atoms with van der Waals surface area (Å²) in [4.78, 5) is 12.5. The van der Waals surface area contributed by atoms with Crippen molar-refractivity contribution in [1.29, 1.82) is 0 Å². The highest BCUT2D eigenvalue weighted by Gasteiger charge is 2.29. The molecule has 0 radical (unpaired) electrons. The molecule has 1 fully saturated rings. The standard InChI is InChI=1S/C17H24N4O3/c1-23-12-14(16-8-4-11-24-16)20-17(22)19-13-6-2-3-7-15(13)21-10-5-9-18-21/h4-5,8-11,13-15H,2-3,6-7,12H2,1H3,(H2,19,20,22)/t13-,14-,15-/m0/s1. The van der Waals surface area contributed by atoms with Crippen LogP contribution in [0.1, 0.15) is 43.5 Å². The minimum atomic E-state index is -0.309. The van der Waals surface area contributed by atoms with E-state index in [1.54, 1.807) is 25.6 Å². The minimum Gasteiger partial charge on any atom is -0.467 e. The van der Waals surface area contributed by atoms with Gasteiger partial charge in [0.25, 0.3) is 0 Å². The van der Waals surface area contributed by atoms with Crippen molar-refractivity contribution in [3.05, 3.63) is 42.6 Å². The number of amides is 2. The van der Waals surface area contributed by atoms with E-state index < -0.39 is 0 Å². The number of nitrogens with zero attached hydrogens (tertiary/aromatic N) is 2. The van der Waals surface area contributed by atoms with Gasteiger partial charge in [-0.2, -0.15) is 5.10 Å². The van der Waals surface area contributed by atoms with E-state index in [4.69, 9.17) is 9.15 Å². The van der Waals surface area contributed by atoms with Gasteiger partial charge in [-0.25, -0.2) is 4.79 Å². The highest BCUT2D eigenvalue weighted by molar-refractivity contribution is 5.74. The van der Waals surface area contributed by atoms with Crippen LogP contribution < -0.4 is 10.6 Å². The molecule has 0 unspecified atom stereocenters. The van der Waals surface area contributed by atoms with E-state index >= 15 is 0 Å². The van der Waals surface area contributed by atoms with Crippen molar-refractivity contribution in [3.8, 4) is 0 Å². The predicted molar refractivity (Wildman–Crippen MR) is 88.5 cm³/mol. The smallest absolute Gasteiger partial charge is 0.315 e. The molecule has 7 heteroatoms. The third-order valence-electron chi connectivity index (χ3n) is 4.44. The number of nitrogens with one attached hydrogen (secondary N) is 2. The molecule has 0 saturated heterocycles. The van der Waals surface area contributed by atoms with E-state index in [-0.39, 0.29) is 24.2 Å². The highest BCUT2D eigenvalue weighted by Crippen LogP contribution is 2.28. The van der Waals surface area contributed by atoms with Gasteiger partial charge in [-0.3, -0.25) is 4.68 Å². The second-order valence-corrected chi connectivity index (χ2v) is 6.09. The fourth-order valence-electron chi connectivity index (χ4n) is 3.29. The lowest BCUT2D eigenvalue weighted by Gasteiger charge is -2.32. The monoisotopic (exact) mass is 332 g/mol. The van der Waals surface area contributed by atoms with Gasteiger partial charge in [0, 0.05) is 19.5 Å². The molecule has 3 rings (SSSR count). The van der Waals surface area contributed by atoms with Crippen LogP contribution >= 0.6 is 0 Å². The Morgan fingerprint density at radius 1 is 1.46 bits per heavy atom. The Bertz CT molecular complexity index is 612. The number of rotatable bonds is 6. The van der Waals surface area contributed by atoms with Crippen LogP contribution in [-0.4, -0.2) is 35.6 Å². The van der Waals surface area contributed by atoms with E-state index in [0.29, 0.717) is 12.4 Å². The number of methoxy groups -OCH3 is 1. The summed E-state index contributed by atoms with van der Waals surface area (Å²) in [5.74, 6) is 0.680. The maximum Gasteiger partial charge on any atom is 0.315 e. The number of urea groups is 1. The summed E-state index contributed by atoms with van der Waals surface area (Å²) < 4.78 is 12.5. The number of carbonyl (C=O) groups excluding carboxylic acids is 1. The first-order valence-corrected chi connectivity index (χ1v) is 8.36. The fraction of sp³-hybridized carbons (Fsp3) is 0.529. The molecule has 2 amide bonds. The average molecular weight is 332 g/mol. The van der Waals surface area contributed by atoms with Crippen LogP contribution in [0.25, 0.3) is 0 Å². The third-order valence-corrected chi connectivity index (χ3v) is 4.44. The van der Waals surface area contributed by atoms with Crippen molar-refractivity contribution in [2.24, 2.45) is 0 Å². The first kappa shape index (κ1) is 16.6. The predicted octanol–water partition coefficient (Wildman–Crippen LogP) is 2.65. The molecule has 2 aromatic heterocycles. The van der Waals surface area contributed by atoms with Gasteiger partial charge < -0.3 is 19.8 Å². The normalized spacial score (nSPS) is 22.0. The van der Waals surface area contributed by atoms with Crippen LogP contribution in [0.4, 0.5) is 4.79 Å². The molecular formula is C17H24N4O3. The first-order valence-electron chi connectivity index (χ1n) is 8.36. The van der Waals surface area contributed by atoms with Gasteiger partial charge in [0.2, 0.25) is 0 Å². The van der Waals surface area contributed by atoms with Gasteiger partial charge in [0.05, 0.1) is 25.0 Å². The average Bonchev–Trinajstić information content (AvgIpc) is 3.29. The number of aromatic nitrogens is 2. The van der Waals surface area contributed by atoms with Crippen LogP contribution in [-0.2, 0) is 4.74 Å². The Kier molecular flexibility index (Phi) is 5.53. The lowest BCUT2D eigenvalue weighted by Crippen LogP contribution is -2.48. The fourth-order valence-corrected chi connectivity index (χ4v) is 3.29. The SMILES string of the molecule is COC[C@H](NC(=O)N[C@H]1CCCC[C@@H]1n1cccn1)c1ccco1. The number of furan rings is 1. The van der Waals surface area contributed by atoms with Crippen molar-refractivity contribution < 1.29 is 13.9 Å².